The van der Waals surface area contributed by atoms with Gasteiger partial charge in [-0.3, -0.25) is 5.43 Å². The summed E-state index contributed by atoms with van der Waals surface area (Å²) < 4.78 is 6.23. The fourth-order valence-corrected chi connectivity index (χ4v) is 2.58. The van der Waals surface area contributed by atoms with Crippen molar-refractivity contribution in [2.24, 2.45) is 5.10 Å². The Labute approximate surface area is 159 Å². The molecule has 0 fully saturated rings. The first-order valence-electron chi connectivity index (χ1n) is 7.24. The number of ether oxygens (including phenoxy) is 1. The van der Waals surface area contributed by atoms with Crippen LogP contribution in [0.1, 0.15) is 22.8 Å². The maximum Gasteiger partial charge on any atom is 0.344 e. The number of nitrogens with one attached hydrogen (secondary N) is 2. The van der Waals surface area contributed by atoms with E-state index in [9.17, 15) is 4.79 Å². The summed E-state index contributed by atoms with van der Waals surface area (Å²) in [6.07, 6.45) is 1.63. The predicted molar refractivity (Wildman–Crippen MR) is 108 cm³/mol. The van der Waals surface area contributed by atoms with Crippen LogP contribution in [0, 0.1) is 3.57 Å². The summed E-state index contributed by atoms with van der Waals surface area (Å²) in [5, 5.41) is 7.42. The number of benzene rings is 2. The fourth-order valence-electron chi connectivity index (χ4n) is 1.78. The van der Waals surface area contributed by atoms with Crippen molar-refractivity contribution >= 4 is 52.1 Å². The summed E-state index contributed by atoms with van der Waals surface area (Å²) in [4.78, 5) is 12.1. The molecule has 0 aromatic heterocycles. The molecule has 0 bridgehead atoms. The van der Waals surface area contributed by atoms with Gasteiger partial charge in [-0.15, -0.1) is 0 Å². The number of esters is 1. The number of thiocarbonyl (C=S) groups is 1. The lowest BCUT2D eigenvalue weighted by Crippen LogP contribution is -2.31. The Kier molecular flexibility index (Phi) is 7.13. The summed E-state index contributed by atoms with van der Waals surface area (Å²) in [6.45, 7) is 2.69. The molecule has 0 aliphatic heterocycles. The van der Waals surface area contributed by atoms with Crippen molar-refractivity contribution in [3.05, 3.63) is 63.2 Å². The van der Waals surface area contributed by atoms with E-state index in [0.29, 0.717) is 16.4 Å². The Bertz CT molecular complexity index is 748. The lowest BCUT2D eigenvalue weighted by molar-refractivity contribution is 0.0733. The summed E-state index contributed by atoms with van der Waals surface area (Å²) in [5.41, 5.74) is 4.11. The Balaban J connectivity index is 1.95. The molecule has 2 N–H and O–H groups in total. The Morgan fingerprint density at radius 1 is 1.25 bits per heavy atom. The summed E-state index contributed by atoms with van der Waals surface area (Å²) in [7, 11) is 0. The van der Waals surface area contributed by atoms with E-state index in [0.717, 1.165) is 15.7 Å². The SMILES string of the molecule is CCNC(=S)N/N=C/c1ccc(OC(=O)c2ccccc2I)cc1. The second-order valence-electron chi connectivity index (χ2n) is 4.67. The highest BCUT2D eigenvalue weighted by molar-refractivity contribution is 14.1. The summed E-state index contributed by atoms with van der Waals surface area (Å²) in [5.74, 6) is 0.104. The van der Waals surface area contributed by atoms with Crippen molar-refractivity contribution in [3.8, 4) is 5.75 Å². The molecule has 7 heteroatoms. The van der Waals surface area contributed by atoms with Gasteiger partial charge in [-0.05, 0) is 83.7 Å². The van der Waals surface area contributed by atoms with Gasteiger partial charge in [0.15, 0.2) is 5.11 Å². The molecule has 24 heavy (non-hydrogen) atoms. The summed E-state index contributed by atoms with van der Waals surface area (Å²) >= 11 is 7.11. The molecule has 0 saturated carbocycles. The van der Waals surface area contributed by atoms with Crippen LogP contribution in [0.15, 0.2) is 53.6 Å². The number of rotatable bonds is 5. The van der Waals surface area contributed by atoms with Gasteiger partial charge < -0.3 is 10.1 Å². The van der Waals surface area contributed by atoms with Crippen LogP contribution in [0.4, 0.5) is 0 Å². The van der Waals surface area contributed by atoms with Crippen molar-refractivity contribution < 1.29 is 9.53 Å². The predicted octanol–water partition coefficient (Wildman–Crippen LogP) is 3.33. The van der Waals surface area contributed by atoms with Gasteiger partial charge in [0.1, 0.15) is 5.75 Å². The minimum Gasteiger partial charge on any atom is -0.423 e. The van der Waals surface area contributed by atoms with Crippen LogP contribution in [0.25, 0.3) is 0 Å². The van der Waals surface area contributed by atoms with Gasteiger partial charge in [0, 0.05) is 10.1 Å². The normalized spacial score (nSPS) is 10.4. The lowest BCUT2D eigenvalue weighted by Gasteiger charge is -2.06. The summed E-state index contributed by atoms with van der Waals surface area (Å²) in [6, 6.07) is 14.3. The van der Waals surface area contributed by atoms with Crippen molar-refractivity contribution in [1.82, 2.24) is 10.7 Å². The Hall–Kier alpha value is -2.00. The van der Waals surface area contributed by atoms with Crippen molar-refractivity contribution in [2.75, 3.05) is 6.54 Å². The van der Waals surface area contributed by atoms with Crippen molar-refractivity contribution in [2.45, 2.75) is 6.92 Å². The minimum absolute atomic E-state index is 0.376. The third-order valence-corrected chi connectivity index (χ3v) is 4.08. The zero-order chi connectivity index (χ0) is 17.4. The largest absolute Gasteiger partial charge is 0.423 e. The van der Waals surface area contributed by atoms with Gasteiger partial charge in [-0.1, -0.05) is 12.1 Å². The second kappa shape index (κ2) is 9.33. The average Bonchev–Trinajstić information content (AvgIpc) is 2.57. The van der Waals surface area contributed by atoms with Crippen LogP contribution in [0.3, 0.4) is 0 Å². The number of hydrogen-bond acceptors (Lipinski definition) is 4. The number of hydrazone groups is 1. The second-order valence-corrected chi connectivity index (χ2v) is 6.24. The molecule has 2 rings (SSSR count). The van der Waals surface area contributed by atoms with E-state index < -0.39 is 0 Å². The van der Waals surface area contributed by atoms with Crippen LogP contribution in [-0.2, 0) is 0 Å². The van der Waals surface area contributed by atoms with Gasteiger partial charge in [0.25, 0.3) is 0 Å². The average molecular weight is 453 g/mol. The van der Waals surface area contributed by atoms with E-state index in [1.165, 1.54) is 0 Å². The monoisotopic (exact) mass is 453 g/mol. The first kappa shape index (κ1) is 18.3. The number of hydrogen-bond donors (Lipinski definition) is 2. The molecule has 0 amide bonds. The van der Waals surface area contributed by atoms with Gasteiger partial charge in [-0.2, -0.15) is 5.10 Å². The van der Waals surface area contributed by atoms with Crippen LogP contribution in [-0.4, -0.2) is 23.8 Å². The van der Waals surface area contributed by atoms with Crippen molar-refractivity contribution in [3.63, 3.8) is 0 Å². The minimum atomic E-state index is -0.376. The van der Waals surface area contributed by atoms with Gasteiger partial charge in [-0.25, -0.2) is 4.79 Å². The Morgan fingerprint density at radius 2 is 1.96 bits per heavy atom. The smallest absolute Gasteiger partial charge is 0.344 e. The molecular weight excluding hydrogens is 437 g/mol. The molecule has 2 aromatic carbocycles. The van der Waals surface area contributed by atoms with Crippen LogP contribution < -0.4 is 15.5 Å². The van der Waals surface area contributed by atoms with E-state index in [1.54, 1.807) is 36.5 Å². The first-order chi connectivity index (χ1) is 11.6. The number of halogens is 1. The molecule has 0 aliphatic rings. The standard InChI is InChI=1S/C17H16IN3O2S/c1-2-19-17(24)21-20-11-12-7-9-13(10-8-12)23-16(22)14-5-3-4-6-15(14)18/h3-11H,2H2,1H3,(H2,19,21,24)/b20-11+. The van der Waals surface area contributed by atoms with Gasteiger partial charge in [0.2, 0.25) is 0 Å². The molecule has 124 valence electrons. The van der Waals surface area contributed by atoms with Gasteiger partial charge >= 0.3 is 5.97 Å². The zero-order valence-corrected chi connectivity index (χ0v) is 15.9. The van der Waals surface area contributed by atoms with E-state index in [4.69, 9.17) is 17.0 Å². The molecule has 0 aliphatic carbocycles. The zero-order valence-electron chi connectivity index (χ0n) is 13.0. The molecule has 0 radical (unpaired) electrons. The molecule has 5 nitrogen and oxygen atoms in total. The highest BCUT2D eigenvalue weighted by atomic mass is 127. The van der Waals surface area contributed by atoms with Crippen LogP contribution >= 0.6 is 34.8 Å². The van der Waals surface area contributed by atoms with Crippen LogP contribution in [0.5, 0.6) is 5.75 Å². The highest BCUT2D eigenvalue weighted by Gasteiger charge is 2.11. The maximum atomic E-state index is 12.1. The first-order valence-corrected chi connectivity index (χ1v) is 8.72. The Morgan fingerprint density at radius 3 is 2.62 bits per heavy atom. The van der Waals surface area contributed by atoms with E-state index in [1.807, 2.05) is 25.1 Å². The number of carbonyl (C=O) groups is 1. The quantitative estimate of drug-likeness (QED) is 0.182. The molecular formula is C17H16IN3O2S. The number of nitrogens with zero attached hydrogens (tertiary/aromatic N) is 1. The molecule has 2 aromatic rings. The van der Waals surface area contributed by atoms with Crippen LogP contribution in [0.2, 0.25) is 0 Å². The maximum absolute atomic E-state index is 12.1. The molecule has 0 atom stereocenters. The number of carbonyl (C=O) groups excluding carboxylic acids is 1. The molecule has 0 spiro atoms. The molecule has 0 saturated heterocycles. The van der Waals surface area contributed by atoms with Gasteiger partial charge in [0.05, 0.1) is 11.8 Å². The highest BCUT2D eigenvalue weighted by Crippen LogP contribution is 2.17. The lowest BCUT2D eigenvalue weighted by atomic mass is 10.2. The molecule has 0 unspecified atom stereocenters. The topological polar surface area (TPSA) is 62.7 Å². The third kappa shape index (κ3) is 5.57. The van der Waals surface area contributed by atoms with E-state index in [2.05, 4.69) is 38.4 Å². The van der Waals surface area contributed by atoms with Crippen molar-refractivity contribution in [1.29, 1.82) is 0 Å². The third-order valence-electron chi connectivity index (χ3n) is 2.90. The van der Waals surface area contributed by atoms with E-state index in [-0.39, 0.29) is 5.97 Å². The molecule has 0 heterocycles. The fraction of sp³-hybridized carbons (Fsp3) is 0.118. The van der Waals surface area contributed by atoms with E-state index >= 15 is 0 Å².